The number of nitrogens with one attached hydrogen (secondary N) is 3. The molecule has 1 aliphatic carbocycles. The van der Waals surface area contributed by atoms with E-state index in [0.29, 0.717) is 39.3 Å². The summed E-state index contributed by atoms with van der Waals surface area (Å²) in [6.07, 6.45) is 3.30. The number of ether oxygens (including phenoxy) is 2. The molecule has 10 nitrogen and oxygen atoms in total. The minimum Gasteiger partial charge on any atom is -0.379 e. The third-order valence-corrected chi connectivity index (χ3v) is 6.56. The molecule has 0 unspecified atom stereocenters. The number of Topliss-reactive ketones (excluding diaryl/α,β-unsaturated/α-hetero) is 1. The van der Waals surface area contributed by atoms with E-state index >= 15 is 0 Å². The van der Waals surface area contributed by atoms with E-state index in [2.05, 4.69) is 22.9 Å². The quantitative estimate of drug-likeness (QED) is 0.372. The molecular formula is C27H46N4O6. The molecular weight excluding hydrogens is 476 g/mol. The third-order valence-electron chi connectivity index (χ3n) is 6.56. The normalized spacial score (nSPS) is 22.5. The number of ketones is 1. The van der Waals surface area contributed by atoms with Gasteiger partial charge in [-0.05, 0) is 31.7 Å². The maximum Gasteiger partial charge on any atom is 0.242 e. The number of amides is 3. The summed E-state index contributed by atoms with van der Waals surface area (Å²) in [5.74, 6) is -0.359. The highest BCUT2D eigenvalue weighted by atomic mass is 16.6. The Bertz CT molecular complexity index is 941. The average Bonchev–Trinajstić information content (AvgIpc) is 3.82. The molecule has 0 radical (unpaired) electrons. The highest BCUT2D eigenvalue weighted by Crippen LogP contribution is 2.29. The van der Waals surface area contributed by atoms with Crippen LogP contribution in [0.5, 0.6) is 0 Å². The molecule has 3 amide bonds. The topological polar surface area (TPSA) is 129 Å². The molecule has 1 aromatic carbocycles. The lowest BCUT2D eigenvalue weighted by molar-refractivity contribution is -0.132. The van der Waals surface area contributed by atoms with Gasteiger partial charge in [-0.1, -0.05) is 50.1 Å². The van der Waals surface area contributed by atoms with Crippen molar-refractivity contribution in [2.75, 3.05) is 46.0 Å². The summed E-state index contributed by atoms with van der Waals surface area (Å²) in [6, 6.07) is 7.80. The van der Waals surface area contributed by atoms with Gasteiger partial charge in [0.25, 0.3) is 0 Å². The number of morpholine rings is 1. The number of carbonyl (C=O) groups excluding carboxylic acids is 4. The van der Waals surface area contributed by atoms with E-state index in [-0.39, 0.29) is 29.1 Å². The molecule has 1 saturated carbocycles. The largest absolute Gasteiger partial charge is 0.379 e. The van der Waals surface area contributed by atoms with Crippen LogP contribution < -0.4 is 16.0 Å². The van der Waals surface area contributed by atoms with Gasteiger partial charge in [-0.15, -0.1) is 0 Å². The van der Waals surface area contributed by atoms with Crippen LogP contribution in [0, 0.1) is 5.92 Å². The van der Waals surface area contributed by atoms with Crippen molar-refractivity contribution in [3.05, 3.63) is 35.9 Å². The first-order valence-electron chi connectivity index (χ1n) is 13.0. The molecule has 0 bridgehead atoms. The van der Waals surface area contributed by atoms with E-state index in [0.717, 1.165) is 11.5 Å². The standard InChI is InChI=1S/C23H32N4O6.C4H8.3H2/c1-16(25-20(29)14-27-8-10-32-11-9-27)22(31)24-13-19(28)26-18(21(30)23(2)15-33-23)12-17-6-4-3-5-7-17;1-4-2-3-4;;;/h3-7,16,18H,8-15H2,1-2H3,(H,24,31)(H,25,29)(H,26,28);4H,2-3H2,1H3;3*1H/t16-,18-,23+;;;;/m0..../s1. The molecule has 2 saturated heterocycles. The minimum absolute atomic E-state index is 0. The van der Waals surface area contributed by atoms with Gasteiger partial charge < -0.3 is 25.4 Å². The van der Waals surface area contributed by atoms with Crippen molar-refractivity contribution in [2.45, 2.75) is 57.7 Å². The Morgan fingerprint density at radius 3 is 2.27 bits per heavy atom. The van der Waals surface area contributed by atoms with Crippen LogP contribution in [0.4, 0.5) is 0 Å². The van der Waals surface area contributed by atoms with E-state index in [4.69, 9.17) is 9.47 Å². The first kappa shape index (κ1) is 28.7. The molecule has 3 atom stereocenters. The van der Waals surface area contributed by atoms with Gasteiger partial charge in [0.15, 0.2) is 5.78 Å². The SMILES string of the molecule is CC1CC1.C[C@H](NC(=O)CN1CCOCC1)C(=O)NCC(=O)N[C@@H](Cc1ccccc1)C(=O)[C@@]1(C)CO1.[HH].[HH].[HH]. The Balaban J connectivity index is 0.00000199. The molecule has 0 spiro atoms. The Hall–Kier alpha value is -2.82. The molecule has 10 heteroatoms. The molecule has 3 aliphatic rings. The van der Waals surface area contributed by atoms with E-state index in [9.17, 15) is 19.2 Å². The van der Waals surface area contributed by atoms with Crippen molar-refractivity contribution < 1.29 is 32.9 Å². The van der Waals surface area contributed by atoms with Crippen LogP contribution in [0.2, 0.25) is 0 Å². The predicted octanol–water partition coefficient (Wildman–Crippen LogP) is 1.18. The van der Waals surface area contributed by atoms with Crippen LogP contribution in [0.1, 0.15) is 43.5 Å². The summed E-state index contributed by atoms with van der Waals surface area (Å²) < 4.78 is 10.5. The predicted molar refractivity (Wildman–Crippen MR) is 144 cm³/mol. The Labute approximate surface area is 223 Å². The maximum absolute atomic E-state index is 12.8. The average molecular weight is 523 g/mol. The van der Waals surface area contributed by atoms with Crippen molar-refractivity contribution in [1.82, 2.24) is 20.9 Å². The highest BCUT2D eigenvalue weighted by molar-refractivity contribution is 5.97. The molecule has 2 heterocycles. The lowest BCUT2D eigenvalue weighted by Crippen LogP contribution is -2.53. The third kappa shape index (κ3) is 10.2. The molecule has 3 fully saturated rings. The van der Waals surface area contributed by atoms with Crippen LogP contribution in [0.3, 0.4) is 0 Å². The number of rotatable bonds is 11. The zero-order valence-electron chi connectivity index (χ0n) is 22.1. The van der Waals surface area contributed by atoms with Gasteiger partial charge in [0.05, 0.1) is 39.0 Å². The van der Waals surface area contributed by atoms with Gasteiger partial charge >= 0.3 is 0 Å². The number of epoxide rings is 1. The van der Waals surface area contributed by atoms with E-state index in [1.807, 2.05) is 35.2 Å². The molecule has 3 N–H and O–H groups in total. The van der Waals surface area contributed by atoms with Crippen LogP contribution >= 0.6 is 0 Å². The fourth-order valence-corrected chi connectivity index (χ4v) is 3.73. The second-order valence-corrected chi connectivity index (χ2v) is 10.3. The maximum atomic E-state index is 12.8. The van der Waals surface area contributed by atoms with Gasteiger partial charge in [0, 0.05) is 17.4 Å². The summed E-state index contributed by atoms with van der Waals surface area (Å²) in [4.78, 5) is 51.7. The summed E-state index contributed by atoms with van der Waals surface area (Å²) in [5.41, 5.74) is 0.0240. The molecule has 4 rings (SSSR count). The first-order valence-corrected chi connectivity index (χ1v) is 13.0. The van der Waals surface area contributed by atoms with Gasteiger partial charge in [-0.3, -0.25) is 24.1 Å². The molecule has 1 aromatic rings. The summed E-state index contributed by atoms with van der Waals surface area (Å²) in [5, 5.41) is 7.86. The van der Waals surface area contributed by atoms with Crippen molar-refractivity contribution in [2.24, 2.45) is 5.92 Å². The minimum atomic E-state index is -0.880. The van der Waals surface area contributed by atoms with Gasteiger partial charge in [-0.25, -0.2) is 0 Å². The van der Waals surface area contributed by atoms with Crippen LogP contribution in [0.25, 0.3) is 0 Å². The van der Waals surface area contributed by atoms with Gasteiger partial charge in [0.1, 0.15) is 11.6 Å². The highest BCUT2D eigenvalue weighted by Gasteiger charge is 2.50. The Morgan fingerprint density at radius 1 is 1.08 bits per heavy atom. The zero-order valence-corrected chi connectivity index (χ0v) is 22.1. The van der Waals surface area contributed by atoms with Gasteiger partial charge in [-0.2, -0.15) is 0 Å². The summed E-state index contributed by atoms with van der Waals surface area (Å²) in [7, 11) is 0. The Morgan fingerprint density at radius 2 is 1.70 bits per heavy atom. The van der Waals surface area contributed by atoms with Crippen LogP contribution in [-0.4, -0.2) is 92.1 Å². The van der Waals surface area contributed by atoms with Gasteiger partial charge in [0.2, 0.25) is 17.7 Å². The number of benzene rings is 1. The molecule has 37 heavy (non-hydrogen) atoms. The fraction of sp³-hybridized carbons (Fsp3) is 0.630. The van der Waals surface area contributed by atoms with E-state index in [1.54, 1.807) is 13.8 Å². The monoisotopic (exact) mass is 522 g/mol. The zero-order chi connectivity index (χ0) is 26.8. The fourth-order valence-electron chi connectivity index (χ4n) is 3.73. The van der Waals surface area contributed by atoms with Crippen molar-refractivity contribution in [1.29, 1.82) is 0 Å². The summed E-state index contributed by atoms with van der Waals surface area (Å²) in [6.45, 7) is 8.23. The van der Waals surface area contributed by atoms with Crippen LogP contribution in [0.15, 0.2) is 30.3 Å². The molecule has 210 valence electrons. The van der Waals surface area contributed by atoms with Crippen molar-refractivity contribution in [3.8, 4) is 0 Å². The number of hydrogen-bond donors (Lipinski definition) is 3. The van der Waals surface area contributed by atoms with E-state index in [1.165, 1.54) is 12.8 Å². The van der Waals surface area contributed by atoms with Crippen LogP contribution in [-0.2, 0) is 35.1 Å². The molecule has 2 aliphatic heterocycles. The summed E-state index contributed by atoms with van der Waals surface area (Å²) >= 11 is 0. The van der Waals surface area contributed by atoms with Crippen molar-refractivity contribution in [3.63, 3.8) is 0 Å². The number of carbonyl (C=O) groups is 4. The lowest BCUT2D eigenvalue weighted by atomic mass is 9.95. The second kappa shape index (κ2) is 13.6. The molecule has 0 aromatic heterocycles. The van der Waals surface area contributed by atoms with Crippen molar-refractivity contribution >= 4 is 23.5 Å². The number of hydrogen-bond acceptors (Lipinski definition) is 7. The lowest BCUT2D eigenvalue weighted by Gasteiger charge is -2.26. The van der Waals surface area contributed by atoms with E-state index < -0.39 is 29.5 Å². The Kier molecular flexibility index (Phi) is 10.6. The first-order chi connectivity index (χ1) is 17.7. The second-order valence-electron chi connectivity index (χ2n) is 10.3. The number of nitrogens with zero attached hydrogens (tertiary/aromatic N) is 1. The smallest absolute Gasteiger partial charge is 0.242 e.